The molecule has 0 saturated heterocycles. The van der Waals surface area contributed by atoms with E-state index in [1.165, 1.54) is 12.8 Å². The molecular weight excluding hydrogens is 184 g/mol. The van der Waals surface area contributed by atoms with Gasteiger partial charge in [-0.3, -0.25) is 0 Å². The lowest BCUT2D eigenvalue weighted by Gasteiger charge is -2.06. The van der Waals surface area contributed by atoms with Crippen molar-refractivity contribution in [3.8, 4) is 0 Å². The molecule has 0 bridgehead atoms. The van der Waals surface area contributed by atoms with Crippen molar-refractivity contribution < 1.29 is 8.42 Å². The zero-order valence-electron chi connectivity index (χ0n) is 6.59. The summed E-state index contributed by atoms with van der Waals surface area (Å²) in [6, 6.07) is 0. The molecule has 0 aromatic rings. The molecule has 0 aromatic heterocycles. The molecule has 0 aromatic carbocycles. The Kier molecular flexibility index (Phi) is 2.81. The van der Waals surface area contributed by atoms with Crippen molar-refractivity contribution in [3.63, 3.8) is 0 Å². The first-order valence-electron chi connectivity index (χ1n) is 3.91. The van der Waals surface area contributed by atoms with Gasteiger partial charge in [0, 0.05) is 10.7 Å². The van der Waals surface area contributed by atoms with Crippen LogP contribution in [0.5, 0.6) is 0 Å². The molecule has 1 saturated carbocycles. The maximum Gasteiger partial charge on any atom is 0.232 e. The molecule has 0 spiro atoms. The highest BCUT2D eigenvalue weighted by Crippen LogP contribution is 2.38. The van der Waals surface area contributed by atoms with Crippen molar-refractivity contribution in [2.75, 3.05) is 5.75 Å². The molecular formula is C7H13ClO2S. The molecule has 66 valence electrons. The van der Waals surface area contributed by atoms with Gasteiger partial charge in [0.1, 0.15) is 0 Å². The van der Waals surface area contributed by atoms with E-state index >= 15 is 0 Å². The third-order valence-corrected chi connectivity index (χ3v) is 3.43. The van der Waals surface area contributed by atoms with E-state index in [1.807, 2.05) is 0 Å². The van der Waals surface area contributed by atoms with Crippen LogP contribution in [0.3, 0.4) is 0 Å². The summed E-state index contributed by atoms with van der Waals surface area (Å²) in [5.74, 6) is 1.43. The van der Waals surface area contributed by atoms with Gasteiger partial charge in [-0.15, -0.1) is 0 Å². The second-order valence-electron chi connectivity index (χ2n) is 3.35. The molecule has 1 aliphatic carbocycles. The Bertz CT molecular complexity index is 219. The highest BCUT2D eigenvalue weighted by atomic mass is 35.7. The van der Waals surface area contributed by atoms with E-state index in [-0.39, 0.29) is 5.75 Å². The highest BCUT2D eigenvalue weighted by molar-refractivity contribution is 8.13. The predicted octanol–water partition coefficient (Wildman–Crippen LogP) is 1.99. The molecule has 11 heavy (non-hydrogen) atoms. The Balaban J connectivity index is 2.21. The summed E-state index contributed by atoms with van der Waals surface area (Å²) in [7, 11) is 1.82. The maximum atomic E-state index is 10.5. The minimum absolute atomic E-state index is 0.131. The molecule has 4 heteroatoms. The van der Waals surface area contributed by atoms with Crippen LogP contribution >= 0.6 is 10.7 Å². The Morgan fingerprint density at radius 2 is 2.09 bits per heavy atom. The number of hydrogen-bond acceptors (Lipinski definition) is 2. The van der Waals surface area contributed by atoms with Gasteiger partial charge in [-0.25, -0.2) is 8.42 Å². The summed E-state index contributed by atoms with van der Waals surface area (Å²) in [6.45, 7) is 2.10. The Hall–Kier alpha value is 0.240. The summed E-state index contributed by atoms with van der Waals surface area (Å²) in [6.07, 6.45) is 3.25. The zero-order chi connectivity index (χ0) is 8.48. The molecule has 1 rings (SSSR count). The molecule has 1 atom stereocenters. The van der Waals surface area contributed by atoms with Crippen LogP contribution in [0.25, 0.3) is 0 Å². The van der Waals surface area contributed by atoms with Crippen molar-refractivity contribution in [1.29, 1.82) is 0 Å². The minimum atomic E-state index is -3.25. The molecule has 0 heterocycles. The van der Waals surface area contributed by atoms with Crippen LogP contribution in [0.1, 0.15) is 26.2 Å². The van der Waals surface area contributed by atoms with E-state index in [4.69, 9.17) is 10.7 Å². The average Bonchev–Trinajstić information content (AvgIpc) is 2.61. The lowest BCUT2D eigenvalue weighted by atomic mass is 10.0. The normalized spacial score (nSPS) is 21.6. The Morgan fingerprint density at radius 3 is 2.45 bits per heavy atom. The third kappa shape index (κ3) is 3.97. The summed E-state index contributed by atoms with van der Waals surface area (Å²) in [5.41, 5.74) is 0. The first kappa shape index (κ1) is 9.33. The minimum Gasteiger partial charge on any atom is -0.212 e. The number of halogens is 1. The van der Waals surface area contributed by atoms with E-state index in [0.717, 1.165) is 12.3 Å². The quantitative estimate of drug-likeness (QED) is 0.645. The van der Waals surface area contributed by atoms with Crippen molar-refractivity contribution >= 4 is 19.7 Å². The molecule has 0 amide bonds. The predicted molar refractivity (Wildman–Crippen MR) is 46.1 cm³/mol. The fourth-order valence-electron chi connectivity index (χ4n) is 1.23. The van der Waals surface area contributed by atoms with Crippen LogP contribution in [0.2, 0.25) is 0 Å². The van der Waals surface area contributed by atoms with Gasteiger partial charge in [-0.2, -0.15) is 0 Å². The standard InChI is InChI=1S/C7H13ClO2S/c1-6(7-2-3-7)4-5-11(8,9)10/h6-7H,2-5H2,1H3. The highest BCUT2D eigenvalue weighted by Gasteiger charge is 2.28. The fraction of sp³-hybridized carbons (Fsp3) is 1.00. The van der Waals surface area contributed by atoms with Crippen LogP contribution in [0.15, 0.2) is 0 Å². The Labute approximate surface area is 72.4 Å². The molecule has 0 aliphatic heterocycles. The summed E-state index contributed by atoms with van der Waals surface area (Å²) in [5, 5.41) is 0. The zero-order valence-corrected chi connectivity index (χ0v) is 8.16. The van der Waals surface area contributed by atoms with Crippen LogP contribution in [0.4, 0.5) is 0 Å². The molecule has 1 fully saturated rings. The fourth-order valence-corrected chi connectivity index (χ4v) is 2.15. The molecule has 0 radical (unpaired) electrons. The summed E-state index contributed by atoms with van der Waals surface area (Å²) >= 11 is 0. The van der Waals surface area contributed by atoms with E-state index in [1.54, 1.807) is 0 Å². The molecule has 1 aliphatic rings. The van der Waals surface area contributed by atoms with E-state index in [2.05, 4.69) is 6.92 Å². The van der Waals surface area contributed by atoms with Crippen LogP contribution < -0.4 is 0 Å². The first-order valence-corrected chi connectivity index (χ1v) is 6.39. The SMILES string of the molecule is CC(CCS(=O)(=O)Cl)C1CC1. The lowest BCUT2D eigenvalue weighted by Crippen LogP contribution is -2.05. The van der Waals surface area contributed by atoms with Crippen molar-refractivity contribution in [1.82, 2.24) is 0 Å². The van der Waals surface area contributed by atoms with Gasteiger partial charge in [-0.1, -0.05) is 6.92 Å². The van der Waals surface area contributed by atoms with Gasteiger partial charge in [0.05, 0.1) is 5.75 Å². The van der Waals surface area contributed by atoms with Gasteiger partial charge in [0.15, 0.2) is 0 Å². The monoisotopic (exact) mass is 196 g/mol. The van der Waals surface area contributed by atoms with Gasteiger partial charge >= 0.3 is 0 Å². The van der Waals surface area contributed by atoms with E-state index < -0.39 is 9.05 Å². The average molecular weight is 197 g/mol. The smallest absolute Gasteiger partial charge is 0.212 e. The Morgan fingerprint density at radius 1 is 1.55 bits per heavy atom. The van der Waals surface area contributed by atoms with Crippen molar-refractivity contribution in [2.24, 2.45) is 11.8 Å². The van der Waals surface area contributed by atoms with Gasteiger partial charge < -0.3 is 0 Å². The maximum absolute atomic E-state index is 10.5. The molecule has 0 N–H and O–H groups in total. The van der Waals surface area contributed by atoms with Crippen LogP contribution in [-0.4, -0.2) is 14.2 Å². The van der Waals surface area contributed by atoms with Gasteiger partial charge in [0.2, 0.25) is 9.05 Å². The lowest BCUT2D eigenvalue weighted by molar-refractivity contribution is 0.490. The number of rotatable bonds is 4. The molecule has 1 unspecified atom stereocenters. The van der Waals surface area contributed by atoms with Crippen molar-refractivity contribution in [3.05, 3.63) is 0 Å². The van der Waals surface area contributed by atoms with Gasteiger partial charge in [-0.05, 0) is 31.1 Å². The first-order chi connectivity index (χ1) is 4.99. The van der Waals surface area contributed by atoms with Gasteiger partial charge in [0.25, 0.3) is 0 Å². The number of hydrogen-bond donors (Lipinski definition) is 0. The summed E-state index contributed by atoms with van der Waals surface area (Å²) in [4.78, 5) is 0. The van der Waals surface area contributed by atoms with Crippen molar-refractivity contribution in [2.45, 2.75) is 26.2 Å². The second kappa shape index (κ2) is 3.31. The third-order valence-electron chi connectivity index (χ3n) is 2.24. The topological polar surface area (TPSA) is 34.1 Å². The van der Waals surface area contributed by atoms with E-state index in [9.17, 15) is 8.42 Å². The van der Waals surface area contributed by atoms with Crippen LogP contribution in [-0.2, 0) is 9.05 Å². The second-order valence-corrected chi connectivity index (χ2v) is 6.24. The molecule has 2 nitrogen and oxygen atoms in total. The largest absolute Gasteiger partial charge is 0.232 e. The van der Waals surface area contributed by atoms with E-state index in [0.29, 0.717) is 5.92 Å². The van der Waals surface area contributed by atoms with Crippen LogP contribution in [0, 0.1) is 11.8 Å². The summed E-state index contributed by atoms with van der Waals surface area (Å²) < 4.78 is 21.1.